The molecule has 4 nitrogen and oxygen atoms in total. The lowest BCUT2D eigenvalue weighted by atomic mass is 9.96. The molecule has 1 heterocycles. The molecule has 3 rings (SSSR count). The van der Waals surface area contributed by atoms with Crippen LogP contribution in [-0.2, 0) is 6.42 Å². The summed E-state index contributed by atoms with van der Waals surface area (Å²) < 4.78 is 7.02. The summed E-state index contributed by atoms with van der Waals surface area (Å²) in [6.07, 6.45) is 8.11. The van der Waals surface area contributed by atoms with E-state index in [2.05, 4.69) is 0 Å². The number of ether oxygens (including phenoxy) is 1. The summed E-state index contributed by atoms with van der Waals surface area (Å²) in [4.78, 5) is 17.6. The quantitative estimate of drug-likeness (QED) is 0.862. The van der Waals surface area contributed by atoms with Gasteiger partial charge in [-0.05, 0) is 31.0 Å². The van der Waals surface area contributed by atoms with Crippen LogP contribution in [0.3, 0.4) is 0 Å². The number of methoxy groups -OCH3 is 1. The standard InChI is InChI=1S/C20H24N2O2/c1-24-18-12-6-5-9-16(18)15-20(23)22-14-8-7-13-19(22)21-17-10-3-2-4-11-17/h5-9,12-14,17H,2-4,10-11,15H2,1H3. The molecule has 0 aliphatic heterocycles. The molecule has 0 amide bonds. The van der Waals surface area contributed by atoms with Gasteiger partial charge >= 0.3 is 0 Å². The van der Waals surface area contributed by atoms with E-state index in [4.69, 9.17) is 9.73 Å². The van der Waals surface area contributed by atoms with E-state index in [1.807, 2.05) is 42.5 Å². The Hall–Kier alpha value is -2.36. The van der Waals surface area contributed by atoms with Crippen molar-refractivity contribution in [2.24, 2.45) is 4.99 Å². The summed E-state index contributed by atoms with van der Waals surface area (Å²) >= 11 is 0. The molecule has 1 fully saturated rings. The summed E-state index contributed by atoms with van der Waals surface area (Å²) in [7, 11) is 1.63. The van der Waals surface area contributed by atoms with Crippen LogP contribution >= 0.6 is 0 Å². The van der Waals surface area contributed by atoms with Crippen molar-refractivity contribution < 1.29 is 9.53 Å². The van der Waals surface area contributed by atoms with Crippen molar-refractivity contribution in [3.8, 4) is 5.75 Å². The Balaban J connectivity index is 1.86. The average molecular weight is 324 g/mol. The van der Waals surface area contributed by atoms with Crippen LogP contribution in [0.4, 0.5) is 0 Å². The molecular weight excluding hydrogens is 300 g/mol. The van der Waals surface area contributed by atoms with Crippen molar-refractivity contribution in [2.75, 3.05) is 7.11 Å². The first kappa shape index (κ1) is 16.5. The van der Waals surface area contributed by atoms with Crippen LogP contribution in [0.15, 0.2) is 53.7 Å². The molecule has 126 valence electrons. The van der Waals surface area contributed by atoms with E-state index in [0.717, 1.165) is 29.6 Å². The number of carbonyl (C=O) groups excluding carboxylic acids is 1. The zero-order valence-corrected chi connectivity index (χ0v) is 14.1. The summed E-state index contributed by atoms with van der Waals surface area (Å²) in [5, 5.41) is 0. The normalized spacial score (nSPS) is 16.1. The first-order chi connectivity index (χ1) is 11.8. The molecular formula is C20H24N2O2. The highest BCUT2D eigenvalue weighted by Gasteiger charge is 2.14. The molecule has 24 heavy (non-hydrogen) atoms. The maximum Gasteiger partial charge on any atom is 0.236 e. The minimum absolute atomic E-state index is 0.00894. The van der Waals surface area contributed by atoms with Gasteiger partial charge in [0.1, 0.15) is 11.2 Å². The second-order valence-corrected chi connectivity index (χ2v) is 6.23. The minimum atomic E-state index is 0.00894. The molecule has 1 aromatic carbocycles. The van der Waals surface area contributed by atoms with Gasteiger partial charge in [0, 0.05) is 11.8 Å². The van der Waals surface area contributed by atoms with Crippen LogP contribution in [0.2, 0.25) is 0 Å². The van der Waals surface area contributed by atoms with E-state index in [1.165, 1.54) is 19.3 Å². The zero-order valence-electron chi connectivity index (χ0n) is 14.1. The molecule has 0 unspecified atom stereocenters. The van der Waals surface area contributed by atoms with Crippen LogP contribution in [-0.4, -0.2) is 23.6 Å². The van der Waals surface area contributed by atoms with Gasteiger partial charge in [0.2, 0.25) is 5.91 Å². The van der Waals surface area contributed by atoms with E-state index in [-0.39, 0.29) is 5.91 Å². The lowest BCUT2D eigenvalue weighted by molar-refractivity contribution is 0.0907. The number of benzene rings is 1. The fourth-order valence-corrected chi connectivity index (χ4v) is 3.24. The van der Waals surface area contributed by atoms with Gasteiger partial charge in [0.05, 0.1) is 19.6 Å². The highest BCUT2D eigenvalue weighted by atomic mass is 16.5. The Morgan fingerprint density at radius 2 is 1.88 bits per heavy atom. The SMILES string of the molecule is COc1ccccc1CC(=O)n1ccccc1=NC1CCCCC1. The third-order valence-corrected chi connectivity index (χ3v) is 4.53. The molecule has 1 aliphatic carbocycles. The number of carbonyl (C=O) groups is 1. The van der Waals surface area contributed by atoms with E-state index in [1.54, 1.807) is 17.9 Å². The van der Waals surface area contributed by atoms with Gasteiger partial charge in [0.15, 0.2) is 0 Å². The Morgan fingerprint density at radius 3 is 2.67 bits per heavy atom. The molecule has 1 aliphatic rings. The molecule has 0 bridgehead atoms. The molecule has 0 spiro atoms. The van der Waals surface area contributed by atoms with Gasteiger partial charge in [-0.2, -0.15) is 0 Å². The molecule has 1 aromatic heterocycles. The van der Waals surface area contributed by atoms with Gasteiger partial charge in [-0.1, -0.05) is 43.5 Å². The van der Waals surface area contributed by atoms with Crippen molar-refractivity contribution >= 4 is 5.91 Å². The number of hydrogen-bond acceptors (Lipinski definition) is 3. The van der Waals surface area contributed by atoms with Gasteiger partial charge < -0.3 is 4.74 Å². The zero-order chi connectivity index (χ0) is 16.8. The Kier molecular flexibility index (Phi) is 5.47. The first-order valence-electron chi connectivity index (χ1n) is 8.64. The van der Waals surface area contributed by atoms with Gasteiger partial charge in [-0.3, -0.25) is 14.4 Å². The molecule has 0 N–H and O–H groups in total. The van der Waals surface area contributed by atoms with Crippen molar-refractivity contribution in [2.45, 2.75) is 44.6 Å². The minimum Gasteiger partial charge on any atom is -0.496 e. The third kappa shape index (κ3) is 3.94. The lowest BCUT2D eigenvalue weighted by Gasteiger charge is -2.18. The smallest absolute Gasteiger partial charge is 0.236 e. The third-order valence-electron chi connectivity index (χ3n) is 4.53. The maximum absolute atomic E-state index is 12.8. The Morgan fingerprint density at radius 1 is 1.12 bits per heavy atom. The number of pyridine rings is 1. The fraction of sp³-hybridized carbons (Fsp3) is 0.400. The summed E-state index contributed by atoms with van der Waals surface area (Å²) in [6.45, 7) is 0. The molecule has 2 aromatic rings. The molecule has 0 saturated heterocycles. The summed E-state index contributed by atoms with van der Waals surface area (Å²) in [6, 6.07) is 13.7. The van der Waals surface area contributed by atoms with Crippen molar-refractivity contribution in [3.05, 3.63) is 59.7 Å². The summed E-state index contributed by atoms with van der Waals surface area (Å²) in [5.41, 5.74) is 1.65. The first-order valence-corrected chi connectivity index (χ1v) is 8.64. The Labute approximate surface area is 142 Å². The van der Waals surface area contributed by atoms with Crippen molar-refractivity contribution in [1.82, 2.24) is 4.57 Å². The topological polar surface area (TPSA) is 43.6 Å². The molecule has 1 saturated carbocycles. The number of nitrogens with zero attached hydrogens (tertiary/aromatic N) is 2. The second kappa shape index (κ2) is 7.95. The molecule has 0 radical (unpaired) electrons. The second-order valence-electron chi connectivity index (χ2n) is 6.23. The van der Waals surface area contributed by atoms with E-state index in [9.17, 15) is 4.79 Å². The van der Waals surface area contributed by atoms with Gasteiger partial charge in [-0.15, -0.1) is 0 Å². The van der Waals surface area contributed by atoms with E-state index < -0.39 is 0 Å². The van der Waals surface area contributed by atoms with Crippen LogP contribution in [0.25, 0.3) is 0 Å². The fourth-order valence-electron chi connectivity index (χ4n) is 3.24. The number of rotatable bonds is 4. The molecule has 4 heteroatoms. The molecule has 0 atom stereocenters. The average Bonchev–Trinajstić information content (AvgIpc) is 2.63. The van der Waals surface area contributed by atoms with Gasteiger partial charge in [-0.25, -0.2) is 0 Å². The summed E-state index contributed by atoms with van der Waals surface area (Å²) in [5.74, 6) is 0.753. The predicted molar refractivity (Wildman–Crippen MR) is 94.2 cm³/mol. The van der Waals surface area contributed by atoms with Crippen LogP contribution in [0.1, 0.15) is 42.5 Å². The van der Waals surface area contributed by atoms with E-state index >= 15 is 0 Å². The van der Waals surface area contributed by atoms with Crippen LogP contribution in [0.5, 0.6) is 5.75 Å². The highest BCUT2D eigenvalue weighted by Crippen LogP contribution is 2.20. The van der Waals surface area contributed by atoms with Gasteiger partial charge in [0.25, 0.3) is 0 Å². The number of para-hydroxylation sites is 1. The van der Waals surface area contributed by atoms with Crippen molar-refractivity contribution in [3.63, 3.8) is 0 Å². The number of hydrogen-bond donors (Lipinski definition) is 0. The largest absolute Gasteiger partial charge is 0.496 e. The van der Waals surface area contributed by atoms with Crippen LogP contribution < -0.4 is 10.2 Å². The lowest BCUT2D eigenvalue weighted by Crippen LogP contribution is -2.29. The van der Waals surface area contributed by atoms with Crippen molar-refractivity contribution in [1.29, 1.82) is 0 Å². The monoisotopic (exact) mass is 324 g/mol. The maximum atomic E-state index is 12.8. The highest BCUT2D eigenvalue weighted by molar-refractivity contribution is 5.81. The predicted octanol–water partition coefficient (Wildman–Crippen LogP) is 3.61. The number of aromatic nitrogens is 1. The van der Waals surface area contributed by atoms with E-state index in [0.29, 0.717) is 12.5 Å². The van der Waals surface area contributed by atoms with Crippen LogP contribution in [0, 0.1) is 0 Å². The Bertz CT molecular complexity index is 758.